The molecule has 0 aromatic heterocycles. The predicted molar refractivity (Wildman–Crippen MR) is 112 cm³/mol. The molecular formula is C23H33N3O3. The van der Waals surface area contributed by atoms with Crippen molar-refractivity contribution in [3.05, 3.63) is 35.9 Å². The summed E-state index contributed by atoms with van der Waals surface area (Å²) in [5.74, 6) is 0.253. The van der Waals surface area contributed by atoms with Crippen molar-refractivity contribution < 1.29 is 14.4 Å². The highest BCUT2D eigenvalue weighted by Gasteiger charge is 2.57. The van der Waals surface area contributed by atoms with Crippen molar-refractivity contribution in [1.29, 1.82) is 0 Å². The second-order valence-corrected chi connectivity index (χ2v) is 8.72. The van der Waals surface area contributed by atoms with Crippen LogP contribution in [-0.4, -0.2) is 64.3 Å². The molecule has 2 heterocycles. The molecule has 0 bridgehead atoms. The highest BCUT2D eigenvalue weighted by molar-refractivity contribution is 6.07. The third-order valence-corrected chi connectivity index (χ3v) is 6.15. The number of amides is 4. The monoisotopic (exact) mass is 399 g/mol. The molecule has 3 rings (SSSR count). The van der Waals surface area contributed by atoms with E-state index in [0.717, 1.165) is 19.3 Å². The number of hydrogen-bond donors (Lipinski definition) is 0. The van der Waals surface area contributed by atoms with E-state index >= 15 is 0 Å². The number of aryl methyl sites for hydroxylation is 1. The number of carbonyl (C=O) groups excluding carboxylic acids is 3. The van der Waals surface area contributed by atoms with Crippen molar-refractivity contribution in [3.8, 4) is 0 Å². The van der Waals surface area contributed by atoms with Gasteiger partial charge in [-0.3, -0.25) is 14.5 Å². The van der Waals surface area contributed by atoms with Crippen LogP contribution in [0.25, 0.3) is 0 Å². The standard InChI is InChI=1S/C23H33N3O3/c1-18(2)17-26-22(29)25(14-8-7-11-20-9-5-4-6-10-20)21(28)23(26)12-15-24(16-13-23)19(3)27/h4-6,9-10,18H,7-8,11-17H2,1-3H3. The Labute approximate surface area is 173 Å². The molecule has 1 aromatic rings. The van der Waals surface area contributed by atoms with Gasteiger partial charge in [0.1, 0.15) is 5.54 Å². The zero-order valence-electron chi connectivity index (χ0n) is 17.9. The minimum atomic E-state index is -0.771. The summed E-state index contributed by atoms with van der Waals surface area (Å²) < 4.78 is 0. The summed E-state index contributed by atoms with van der Waals surface area (Å²) in [6.07, 6.45) is 3.76. The maximum absolute atomic E-state index is 13.4. The lowest BCUT2D eigenvalue weighted by Crippen LogP contribution is -2.57. The van der Waals surface area contributed by atoms with Gasteiger partial charge in [-0.05, 0) is 43.6 Å². The molecule has 1 aromatic carbocycles. The number of imide groups is 1. The van der Waals surface area contributed by atoms with Gasteiger partial charge in [-0.2, -0.15) is 0 Å². The second kappa shape index (κ2) is 8.97. The van der Waals surface area contributed by atoms with E-state index in [4.69, 9.17) is 0 Å². The molecule has 4 amide bonds. The Balaban J connectivity index is 1.66. The van der Waals surface area contributed by atoms with Gasteiger partial charge >= 0.3 is 6.03 Å². The predicted octanol–water partition coefficient (Wildman–Crippen LogP) is 3.31. The molecule has 0 saturated carbocycles. The molecule has 2 aliphatic rings. The first-order valence-electron chi connectivity index (χ1n) is 10.8. The Morgan fingerprint density at radius 2 is 1.72 bits per heavy atom. The SMILES string of the molecule is CC(=O)N1CCC2(CC1)C(=O)N(CCCCc1ccccc1)C(=O)N2CC(C)C. The quantitative estimate of drug-likeness (QED) is 0.522. The van der Waals surface area contributed by atoms with Gasteiger partial charge in [0.15, 0.2) is 0 Å². The number of benzene rings is 1. The summed E-state index contributed by atoms with van der Waals surface area (Å²) in [5.41, 5.74) is 0.508. The Kier molecular flexibility index (Phi) is 6.60. The highest BCUT2D eigenvalue weighted by atomic mass is 16.2. The molecule has 6 nitrogen and oxygen atoms in total. The summed E-state index contributed by atoms with van der Waals surface area (Å²) in [5, 5.41) is 0. The Morgan fingerprint density at radius 1 is 1.07 bits per heavy atom. The molecule has 0 radical (unpaired) electrons. The highest BCUT2D eigenvalue weighted by Crippen LogP contribution is 2.38. The molecule has 2 saturated heterocycles. The van der Waals surface area contributed by atoms with Crippen LogP contribution in [0.4, 0.5) is 4.79 Å². The average Bonchev–Trinajstić information content (AvgIpc) is 2.88. The first-order chi connectivity index (χ1) is 13.8. The van der Waals surface area contributed by atoms with Crippen LogP contribution in [-0.2, 0) is 16.0 Å². The second-order valence-electron chi connectivity index (χ2n) is 8.72. The van der Waals surface area contributed by atoms with Crippen LogP contribution in [0.15, 0.2) is 30.3 Å². The lowest BCUT2D eigenvalue weighted by atomic mass is 9.85. The van der Waals surface area contributed by atoms with Crippen molar-refractivity contribution >= 4 is 17.8 Å². The zero-order valence-corrected chi connectivity index (χ0v) is 17.9. The van der Waals surface area contributed by atoms with Crippen LogP contribution in [0.2, 0.25) is 0 Å². The summed E-state index contributed by atoms with van der Waals surface area (Å²) in [6, 6.07) is 10.1. The van der Waals surface area contributed by atoms with E-state index in [-0.39, 0.29) is 23.8 Å². The number of urea groups is 1. The van der Waals surface area contributed by atoms with Crippen LogP contribution in [0.1, 0.15) is 52.0 Å². The van der Waals surface area contributed by atoms with Crippen molar-refractivity contribution in [3.63, 3.8) is 0 Å². The maximum atomic E-state index is 13.4. The van der Waals surface area contributed by atoms with E-state index < -0.39 is 5.54 Å². The molecule has 158 valence electrons. The van der Waals surface area contributed by atoms with Gasteiger partial charge in [0.05, 0.1) is 0 Å². The number of carbonyl (C=O) groups is 3. The fourth-order valence-corrected chi connectivity index (χ4v) is 4.52. The van der Waals surface area contributed by atoms with Gasteiger partial charge in [0.25, 0.3) is 5.91 Å². The van der Waals surface area contributed by atoms with E-state index in [0.29, 0.717) is 39.0 Å². The van der Waals surface area contributed by atoms with E-state index in [1.165, 1.54) is 10.5 Å². The molecule has 2 fully saturated rings. The van der Waals surface area contributed by atoms with E-state index in [1.807, 2.05) is 18.2 Å². The Bertz CT molecular complexity index is 739. The maximum Gasteiger partial charge on any atom is 0.327 e. The number of likely N-dealkylation sites (tertiary alicyclic amines) is 1. The fourth-order valence-electron chi connectivity index (χ4n) is 4.52. The van der Waals surface area contributed by atoms with E-state index in [1.54, 1.807) is 16.7 Å². The number of piperidine rings is 1. The van der Waals surface area contributed by atoms with Gasteiger partial charge in [-0.15, -0.1) is 0 Å². The topological polar surface area (TPSA) is 60.9 Å². The van der Waals surface area contributed by atoms with Crippen LogP contribution < -0.4 is 0 Å². The number of rotatable bonds is 7. The number of nitrogens with zero attached hydrogens (tertiary/aromatic N) is 3. The summed E-state index contributed by atoms with van der Waals surface area (Å²) in [7, 11) is 0. The summed E-state index contributed by atoms with van der Waals surface area (Å²) >= 11 is 0. The van der Waals surface area contributed by atoms with Crippen molar-refractivity contribution in [2.45, 2.75) is 58.4 Å². The Hall–Kier alpha value is -2.37. The molecular weight excluding hydrogens is 366 g/mol. The van der Waals surface area contributed by atoms with E-state index in [9.17, 15) is 14.4 Å². The minimum absolute atomic E-state index is 0.0322. The first kappa shape index (κ1) is 21.3. The normalized spacial score (nSPS) is 19.0. The molecule has 0 N–H and O–H groups in total. The summed E-state index contributed by atoms with van der Waals surface area (Å²) in [6.45, 7) is 7.81. The smallest absolute Gasteiger partial charge is 0.327 e. The molecule has 1 spiro atoms. The van der Waals surface area contributed by atoms with Crippen LogP contribution in [0.3, 0.4) is 0 Å². The van der Waals surface area contributed by atoms with Gasteiger partial charge in [0.2, 0.25) is 5.91 Å². The Morgan fingerprint density at radius 3 is 2.31 bits per heavy atom. The van der Waals surface area contributed by atoms with Crippen LogP contribution in [0.5, 0.6) is 0 Å². The molecule has 29 heavy (non-hydrogen) atoms. The van der Waals surface area contributed by atoms with Gasteiger partial charge in [0, 0.05) is 33.1 Å². The molecule has 2 aliphatic heterocycles. The van der Waals surface area contributed by atoms with E-state index in [2.05, 4.69) is 26.0 Å². The molecule has 6 heteroatoms. The first-order valence-corrected chi connectivity index (χ1v) is 10.8. The molecule has 0 unspecified atom stereocenters. The molecule has 0 atom stereocenters. The zero-order chi connectivity index (χ0) is 21.0. The fraction of sp³-hybridized carbons (Fsp3) is 0.609. The summed E-state index contributed by atoms with van der Waals surface area (Å²) in [4.78, 5) is 43.3. The number of unbranched alkanes of at least 4 members (excludes halogenated alkanes) is 1. The van der Waals surface area contributed by atoms with Crippen molar-refractivity contribution in [2.75, 3.05) is 26.2 Å². The van der Waals surface area contributed by atoms with Gasteiger partial charge in [-0.1, -0.05) is 44.2 Å². The third kappa shape index (κ3) is 4.46. The van der Waals surface area contributed by atoms with Gasteiger partial charge in [-0.25, -0.2) is 4.79 Å². The lowest BCUT2D eigenvalue weighted by Gasteiger charge is -2.42. The van der Waals surface area contributed by atoms with Crippen LogP contribution >= 0.6 is 0 Å². The van der Waals surface area contributed by atoms with Gasteiger partial charge < -0.3 is 9.80 Å². The third-order valence-electron chi connectivity index (χ3n) is 6.15. The number of hydrogen-bond acceptors (Lipinski definition) is 3. The van der Waals surface area contributed by atoms with Crippen molar-refractivity contribution in [1.82, 2.24) is 14.7 Å². The molecule has 0 aliphatic carbocycles. The minimum Gasteiger partial charge on any atom is -0.343 e. The van der Waals surface area contributed by atoms with Crippen LogP contribution in [0, 0.1) is 5.92 Å². The lowest BCUT2D eigenvalue weighted by molar-refractivity contribution is -0.140. The average molecular weight is 400 g/mol. The van der Waals surface area contributed by atoms with Crippen molar-refractivity contribution in [2.24, 2.45) is 5.92 Å². The largest absolute Gasteiger partial charge is 0.343 e.